The average Bonchev–Trinajstić information content (AvgIpc) is 2.77. The van der Waals surface area contributed by atoms with Crippen LogP contribution in [0.15, 0.2) is 0 Å². The molecule has 5 nitrogen and oxygen atoms in total. The summed E-state index contributed by atoms with van der Waals surface area (Å²) in [5.41, 5.74) is 5.97. The molecular weight excluding hydrogens is 214 g/mol. The Labute approximate surface area is 103 Å². The number of aromatic amines is 1. The summed E-state index contributed by atoms with van der Waals surface area (Å²) in [6, 6.07) is 0.258. The lowest BCUT2D eigenvalue weighted by Gasteiger charge is -2.29. The van der Waals surface area contributed by atoms with E-state index in [9.17, 15) is 0 Å². The van der Waals surface area contributed by atoms with E-state index in [4.69, 9.17) is 5.73 Å². The first-order valence-electron chi connectivity index (χ1n) is 6.50. The van der Waals surface area contributed by atoms with Gasteiger partial charge in [0.25, 0.3) is 0 Å². The van der Waals surface area contributed by atoms with E-state index in [2.05, 4.69) is 40.9 Å². The van der Waals surface area contributed by atoms with Crippen LogP contribution in [0.25, 0.3) is 0 Å². The maximum atomic E-state index is 5.97. The van der Waals surface area contributed by atoms with Gasteiger partial charge in [-0.25, -0.2) is 0 Å². The molecule has 1 aliphatic heterocycles. The van der Waals surface area contributed by atoms with Crippen molar-refractivity contribution in [2.24, 2.45) is 11.7 Å². The van der Waals surface area contributed by atoms with Crippen molar-refractivity contribution >= 4 is 5.95 Å². The second-order valence-corrected chi connectivity index (χ2v) is 5.40. The lowest BCUT2D eigenvalue weighted by atomic mass is 9.98. The van der Waals surface area contributed by atoms with E-state index in [-0.39, 0.29) is 6.04 Å². The number of nitrogens with zero attached hydrogens (tertiary/aromatic N) is 3. The molecule has 0 aromatic carbocycles. The quantitative estimate of drug-likeness (QED) is 0.835. The van der Waals surface area contributed by atoms with Gasteiger partial charge in [0, 0.05) is 25.0 Å². The standard InChI is InChI=1S/C12H23N5/c1-8(2)9(3)11-14-12(16-15-11)17-6-4-5-10(13)7-17/h8-10H,4-7,13H2,1-3H3,(H,14,15,16). The van der Waals surface area contributed by atoms with E-state index in [0.29, 0.717) is 11.8 Å². The maximum Gasteiger partial charge on any atom is 0.244 e. The van der Waals surface area contributed by atoms with Gasteiger partial charge < -0.3 is 10.6 Å². The van der Waals surface area contributed by atoms with Gasteiger partial charge in [-0.3, -0.25) is 5.10 Å². The first-order valence-corrected chi connectivity index (χ1v) is 6.50. The molecule has 0 amide bonds. The second-order valence-electron chi connectivity index (χ2n) is 5.40. The second kappa shape index (κ2) is 5.04. The Bertz CT molecular complexity index is 360. The highest BCUT2D eigenvalue weighted by atomic mass is 15.4. The molecule has 1 aliphatic rings. The summed E-state index contributed by atoms with van der Waals surface area (Å²) in [7, 11) is 0. The molecule has 2 unspecified atom stereocenters. The van der Waals surface area contributed by atoms with Crippen LogP contribution in [0.5, 0.6) is 0 Å². The summed E-state index contributed by atoms with van der Waals surface area (Å²) in [4.78, 5) is 6.78. The van der Waals surface area contributed by atoms with Gasteiger partial charge in [0.2, 0.25) is 5.95 Å². The lowest BCUT2D eigenvalue weighted by Crippen LogP contribution is -2.43. The number of nitrogens with one attached hydrogen (secondary N) is 1. The van der Waals surface area contributed by atoms with E-state index < -0.39 is 0 Å². The minimum Gasteiger partial charge on any atom is -0.338 e. The fourth-order valence-corrected chi connectivity index (χ4v) is 2.12. The molecule has 1 aromatic heterocycles. The summed E-state index contributed by atoms with van der Waals surface area (Å²) < 4.78 is 0. The Morgan fingerprint density at radius 2 is 2.18 bits per heavy atom. The number of H-pyrrole nitrogens is 1. The summed E-state index contributed by atoms with van der Waals surface area (Å²) in [5.74, 6) is 2.77. The first kappa shape index (κ1) is 12.4. The third-order valence-corrected chi connectivity index (χ3v) is 3.66. The molecule has 0 saturated carbocycles. The van der Waals surface area contributed by atoms with Crippen molar-refractivity contribution in [2.75, 3.05) is 18.0 Å². The van der Waals surface area contributed by atoms with Gasteiger partial charge >= 0.3 is 0 Å². The van der Waals surface area contributed by atoms with E-state index in [0.717, 1.165) is 37.7 Å². The number of piperidine rings is 1. The van der Waals surface area contributed by atoms with Gasteiger partial charge in [-0.2, -0.15) is 4.98 Å². The summed E-state index contributed by atoms with van der Waals surface area (Å²) in [6.07, 6.45) is 2.24. The molecule has 5 heteroatoms. The fourth-order valence-electron chi connectivity index (χ4n) is 2.12. The smallest absolute Gasteiger partial charge is 0.244 e. The highest BCUT2D eigenvalue weighted by Crippen LogP contribution is 2.22. The fraction of sp³-hybridized carbons (Fsp3) is 0.833. The molecule has 96 valence electrons. The Hall–Kier alpha value is -1.10. The van der Waals surface area contributed by atoms with Gasteiger partial charge in [0.15, 0.2) is 0 Å². The highest BCUT2D eigenvalue weighted by molar-refractivity contribution is 5.30. The molecule has 0 spiro atoms. The van der Waals surface area contributed by atoms with Crippen LogP contribution >= 0.6 is 0 Å². The monoisotopic (exact) mass is 237 g/mol. The molecule has 2 atom stereocenters. The van der Waals surface area contributed by atoms with Gasteiger partial charge in [-0.05, 0) is 18.8 Å². The zero-order chi connectivity index (χ0) is 12.4. The van der Waals surface area contributed by atoms with E-state index in [1.807, 2.05) is 0 Å². The number of hydrogen-bond donors (Lipinski definition) is 2. The van der Waals surface area contributed by atoms with E-state index >= 15 is 0 Å². The van der Waals surface area contributed by atoms with Crippen molar-refractivity contribution in [2.45, 2.75) is 45.6 Å². The zero-order valence-corrected chi connectivity index (χ0v) is 11.0. The van der Waals surface area contributed by atoms with Crippen molar-refractivity contribution in [3.63, 3.8) is 0 Å². The minimum atomic E-state index is 0.258. The van der Waals surface area contributed by atoms with Gasteiger partial charge in [0.1, 0.15) is 5.82 Å². The zero-order valence-electron chi connectivity index (χ0n) is 11.0. The van der Waals surface area contributed by atoms with Crippen LogP contribution in [0, 0.1) is 5.92 Å². The Morgan fingerprint density at radius 3 is 2.82 bits per heavy atom. The maximum absolute atomic E-state index is 5.97. The topological polar surface area (TPSA) is 70.8 Å². The number of anilines is 1. The SMILES string of the molecule is CC(C)C(C)c1nc(N2CCCC(N)C2)n[nH]1. The molecule has 3 N–H and O–H groups in total. The van der Waals surface area contributed by atoms with Crippen molar-refractivity contribution in [3.8, 4) is 0 Å². The van der Waals surface area contributed by atoms with Crippen molar-refractivity contribution in [1.29, 1.82) is 0 Å². The van der Waals surface area contributed by atoms with Crippen LogP contribution in [0.3, 0.4) is 0 Å². The normalized spacial score (nSPS) is 23.1. The lowest BCUT2D eigenvalue weighted by molar-refractivity contribution is 0.498. The van der Waals surface area contributed by atoms with Crippen molar-refractivity contribution in [3.05, 3.63) is 5.82 Å². The molecule has 0 aliphatic carbocycles. The molecule has 0 radical (unpaired) electrons. The van der Waals surface area contributed by atoms with Crippen molar-refractivity contribution < 1.29 is 0 Å². The summed E-state index contributed by atoms with van der Waals surface area (Å²) in [6.45, 7) is 8.46. The van der Waals surface area contributed by atoms with Gasteiger partial charge in [-0.1, -0.05) is 20.8 Å². The van der Waals surface area contributed by atoms with Crippen molar-refractivity contribution in [1.82, 2.24) is 15.2 Å². The Kier molecular flexibility index (Phi) is 3.66. The number of rotatable bonds is 3. The Morgan fingerprint density at radius 1 is 1.41 bits per heavy atom. The number of aromatic nitrogens is 3. The highest BCUT2D eigenvalue weighted by Gasteiger charge is 2.21. The molecule has 0 bridgehead atoms. The molecule has 17 heavy (non-hydrogen) atoms. The van der Waals surface area contributed by atoms with Crippen LogP contribution in [0.2, 0.25) is 0 Å². The van der Waals surface area contributed by atoms with Crippen LogP contribution in [0.4, 0.5) is 5.95 Å². The van der Waals surface area contributed by atoms with Crippen LogP contribution in [0.1, 0.15) is 45.4 Å². The molecule has 2 heterocycles. The number of nitrogens with two attached hydrogens (primary N) is 1. The van der Waals surface area contributed by atoms with Gasteiger partial charge in [0.05, 0.1) is 0 Å². The largest absolute Gasteiger partial charge is 0.338 e. The Balaban J connectivity index is 2.07. The molecule has 1 saturated heterocycles. The van der Waals surface area contributed by atoms with Crippen LogP contribution < -0.4 is 10.6 Å². The van der Waals surface area contributed by atoms with Gasteiger partial charge in [-0.15, -0.1) is 5.10 Å². The molecule has 1 fully saturated rings. The predicted octanol–water partition coefficient (Wildman–Crippen LogP) is 1.49. The molecule has 1 aromatic rings. The molecule has 2 rings (SSSR count). The van der Waals surface area contributed by atoms with Crippen LogP contribution in [-0.2, 0) is 0 Å². The van der Waals surface area contributed by atoms with Crippen LogP contribution in [-0.4, -0.2) is 34.3 Å². The first-order chi connectivity index (χ1) is 8.08. The third kappa shape index (κ3) is 2.77. The average molecular weight is 237 g/mol. The minimum absolute atomic E-state index is 0.258. The molecular formula is C12H23N5. The summed E-state index contributed by atoms with van der Waals surface area (Å²) in [5, 5.41) is 7.37. The number of hydrogen-bond acceptors (Lipinski definition) is 4. The van der Waals surface area contributed by atoms with E-state index in [1.54, 1.807) is 0 Å². The third-order valence-electron chi connectivity index (χ3n) is 3.66. The van der Waals surface area contributed by atoms with E-state index in [1.165, 1.54) is 0 Å². The predicted molar refractivity (Wildman–Crippen MR) is 69.1 cm³/mol. The summed E-state index contributed by atoms with van der Waals surface area (Å²) >= 11 is 0.